The van der Waals surface area contributed by atoms with Crippen molar-refractivity contribution in [3.63, 3.8) is 0 Å². The summed E-state index contributed by atoms with van der Waals surface area (Å²) >= 11 is 0. The number of carbonyl (C=O) groups is 1. The molecule has 0 saturated heterocycles. The molecule has 1 aliphatic rings. The first-order valence-corrected chi connectivity index (χ1v) is 8.16. The fourth-order valence-electron chi connectivity index (χ4n) is 3.14. The number of rotatable bonds is 4. The van der Waals surface area contributed by atoms with Crippen molar-refractivity contribution in [2.24, 2.45) is 0 Å². The molecule has 2 aromatic rings. The van der Waals surface area contributed by atoms with Gasteiger partial charge in [-0.25, -0.2) is 4.79 Å². The van der Waals surface area contributed by atoms with Gasteiger partial charge in [0.2, 0.25) is 0 Å². The van der Waals surface area contributed by atoms with Crippen molar-refractivity contribution in [1.82, 2.24) is 20.0 Å². The van der Waals surface area contributed by atoms with E-state index in [0.29, 0.717) is 6.54 Å². The zero-order valence-corrected chi connectivity index (χ0v) is 14.0. The van der Waals surface area contributed by atoms with Gasteiger partial charge in [0.05, 0.1) is 30.7 Å². The molecule has 124 valence electrons. The van der Waals surface area contributed by atoms with Crippen LogP contribution in [-0.2, 0) is 13.0 Å². The van der Waals surface area contributed by atoms with Crippen LogP contribution in [0.5, 0.6) is 0 Å². The number of nitrogens with zero attached hydrogens (tertiary/aromatic N) is 3. The number of aromatic nitrogens is 2. The van der Waals surface area contributed by atoms with E-state index >= 15 is 0 Å². The number of furan rings is 1. The SMILES string of the molecule is CC(C)n1ncc2c1[C@@H](NC(=O)N(C)Cc1ccco1)CCC2. The van der Waals surface area contributed by atoms with E-state index in [-0.39, 0.29) is 18.1 Å². The quantitative estimate of drug-likeness (QED) is 0.941. The lowest BCUT2D eigenvalue weighted by molar-refractivity contribution is 0.196. The summed E-state index contributed by atoms with van der Waals surface area (Å²) in [5.41, 5.74) is 2.41. The molecule has 2 amide bonds. The monoisotopic (exact) mass is 316 g/mol. The van der Waals surface area contributed by atoms with Crippen LogP contribution in [0.4, 0.5) is 4.79 Å². The summed E-state index contributed by atoms with van der Waals surface area (Å²) in [6.07, 6.45) is 6.63. The Balaban J connectivity index is 1.71. The van der Waals surface area contributed by atoms with Gasteiger partial charge >= 0.3 is 6.03 Å². The highest BCUT2D eigenvalue weighted by molar-refractivity contribution is 5.74. The molecule has 0 aromatic carbocycles. The van der Waals surface area contributed by atoms with Crippen molar-refractivity contribution in [2.45, 2.75) is 51.7 Å². The average molecular weight is 316 g/mol. The summed E-state index contributed by atoms with van der Waals surface area (Å²) in [6.45, 7) is 4.69. The minimum Gasteiger partial charge on any atom is -0.467 e. The Kier molecular flexibility index (Phi) is 4.41. The number of urea groups is 1. The van der Waals surface area contributed by atoms with Crippen LogP contribution in [0.1, 0.15) is 55.8 Å². The zero-order valence-electron chi connectivity index (χ0n) is 14.0. The third-order valence-corrected chi connectivity index (χ3v) is 4.29. The Morgan fingerprint density at radius 3 is 3.09 bits per heavy atom. The highest BCUT2D eigenvalue weighted by Crippen LogP contribution is 2.31. The fraction of sp³-hybridized carbons (Fsp3) is 0.529. The molecule has 1 atom stereocenters. The Morgan fingerprint density at radius 2 is 2.39 bits per heavy atom. The summed E-state index contributed by atoms with van der Waals surface area (Å²) in [5, 5.41) is 7.65. The Bertz CT molecular complexity index is 660. The number of hydrogen-bond acceptors (Lipinski definition) is 3. The number of amides is 2. The maximum atomic E-state index is 12.5. The van der Waals surface area contributed by atoms with Crippen LogP contribution in [0.25, 0.3) is 0 Å². The molecule has 6 heteroatoms. The van der Waals surface area contributed by atoms with Crippen LogP contribution in [0.2, 0.25) is 0 Å². The molecular formula is C17H24N4O2. The van der Waals surface area contributed by atoms with Gasteiger partial charge in [0, 0.05) is 13.1 Å². The second-order valence-electron chi connectivity index (χ2n) is 6.42. The van der Waals surface area contributed by atoms with Crippen molar-refractivity contribution in [3.05, 3.63) is 41.6 Å². The molecule has 1 aliphatic carbocycles. The lowest BCUT2D eigenvalue weighted by Crippen LogP contribution is -2.40. The summed E-state index contributed by atoms with van der Waals surface area (Å²) < 4.78 is 7.34. The molecule has 0 aliphatic heterocycles. The van der Waals surface area contributed by atoms with Gasteiger partial charge in [-0.05, 0) is 50.8 Å². The Labute approximate surface area is 136 Å². The summed E-state index contributed by atoms with van der Waals surface area (Å²) in [4.78, 5) is 14.1. The number of fused-ring (bicyclic) bond motifs is 1. The van der Waals surface area contributed by atoms with Gasteiger partial charge in [0.15, 0.2) is 0 Å². The van der Waals surface area contributed by atoms with Gasteiger partial charge in [0.1, 0.15) is 5.76 Å². The molecule has 6 nitrogen and oxygen atoms in total. The summed E-state index contributed by atoms with van der Waals surface area (Å²) in [6, 6.07) is 3.93. The summed E-state index contributed by atoms with van der Waals surface area (Å²) in [5.74, 6) is 0.777. The first kappa shape index (κ1) is 15.6. The molecule has 0 bridgehead atoms. The van der Waals surface area contributed by atoms with Gasteiger partial charge in [-0.15, -0.1) is 0 Å². The molecule has 0 unspecified atom stereocenters. The smallest absolute Gasteiger partial charge is 0.318 e. The van der Waals surface area contributed by atoms with Crippen LogP contribution in [0, 0.1) is 0 Å². The van der Waals surface area contributed by atoms with Gasteiger partial charge in [-0.2, -0.15) is 5.10 Å². The zero-order chi connectivity index (χ0) is 16.4. The lowest BCUT2D eigenvalue weighted by Gasteiger charge is -2.28. The van der Waals surface area contributed by atoms with Gasteiger partial charge in [0.25, 0.3) is 0 Å². The fourth-order valence-corrected chi connectivity index (χ4v) is 3.14. The molecule has 3 rings (SSSR count). The van der Waals surface area contributed by atoms with Crippen LogP contribution >= 0.6 is 0 Å². The first-order chi connectivity index (χ1) is 11.1. The van der Waals surface area contributed by atoms with Crippen LogP contribution < -0.4 is 5.32 Å². The lowest BCUT2D eigenvalue weighted by atomic mass is 9.93. The van der Waals surface area contributed by atoms with E-state index in [9.17, 15) is 4.79 Å². The third kappa shape index (κ3) is 3.25. The average Bonchev–Trinajstić information content (AvgIpc) is 3.16. The van der Waals surface area contributed by atoms with E-state index in [1.54, 1.807) is 18.2 Å². The second-order valence-corrected chi connectivity index (χ2v) is 6.42. The van der Waals surface area contributed by atoms with Crippen molar-refractivity contribution in [2.75, 3.05) is 7.05 Å². The molecule has 2 heterocycles. The minimum absolute atomic E-state index is 0.0233. The minimum atomic E-state index is -0.0873. The van der Waals surface area contributed by atoms with E-state index in [1.165, 1.54) is 5.56 Å². The van der Waals surface area contributed by atoms with Crippen molar-refractivity contribution in [1.29, 1.82) is 0 Å². The van der Waals surface area contributed by atoms with E-state index in [2.05, 4.69) is 24.3 Å². The van der Waals surface area contributed by atoms with Crippen LogP contribution in [0.15, 0.2) is 29.0 Å². The Morgan fingerprint density at radius 1 is 1.57 bits per heavy atom. The second kappa shape index (κ2) is 6.48. The highest BCUT2D eigenvalue weighted by Gasteiger charge is 2.28. The number of aryl methyl sites for hydroxylation is 1. The number of hydrogen-bond donors (Lipinski definition) is 1. The van der Waals surface area contributed by atoms with E-state index < -0.39 is 0 Å². The summed E-state index contributed by atoms with van der Waals surface area (Å²) in [7, 11) is 1.78. The van der Waals surface area contributed by atoms with E-state index in [0.717, 1.165) is 30.7 Å². The van der Waals surface area contributed by atoms with Gasteiger partial charge in [-0.3, -0.25) is 4.68 Å². The topological polar surface area (TPSA) is 63.3 Å². The first-order valence-electron chi connectivity index (χ1n) is 8.16. The molecular weight excluding hydrogens is 292 g/mol. The number of nitrogens with one attached hydrogen (secondary N) is 1. The van der Waals surface area contributed by atoms with Crippen LogP contribution in [0.3, 0.4) is 0 Å². The molecule has 0 fully saturated rings. The van der Waals surface area contributed by atoms with Crippen molar-refractivity contribution in [3.8, 4) is 0 Å². The van der Waals surface area contributed by atoms with Crippen molar-refractivity contribution < 1.29 is 9.21 Å². The molecule has 23 heavy (non-hydrogen) atoms. The maximum Gasteiger partial charge on any atom is 0.318 e. The predicted molar refractivity (Wildman–Crippen MR) is 87.0 cm³/mol. The standard InChI is InChI=1S/C17H24N4O2/c1-12(2)21-16-13(10-18-21)6-4-8-15(16)19-17(22)20(3)11-14-7-5-9-23-14/h5,7,9-10,12,15H,4,6,8,11H2,1-3H3,(H,19,22)/t15-/m0/s1. The van der Waals surface area contributed by atoms with E-state index in [1.807, 2.05) is 23.0 Å². The molecule has 1 N–H and O–H groups in total. The van der Waals surface area contributed by atoms with Gasteiger partial charge in [-0.1, -0.05) is 0 Å². The molecule has 2 aromatic heterocycles. The maximum absolute atomic E-state index is 12.5. The largest absolute Gasteiger partial charge is 0.467 e. The Hall–Kier alpha value is -2.24. The van der Waals surface area contributed by atoms with Crippen molar-refractivity contribution >= 4 is 6.03 Å². The number of carbonyl (C=O) groups excluding carboxylic acids is 1. The highest BCUT2D eigenvalue weighted by atomic mass is 16.3. The van der Waals surface area contributed by atoms with E-state index in [4.69, 9.17) is 4.42 Å². The normalized spacial score (nSPS) is 17.1. The van der Waals surface area contributed by atoms with Gasteiger partial charge < -0.3 is 14.6 Å². The molecule has 0 radical (unpaired) electrons. The molecule has 0 saturated carbocycles. The molecule has 0 spiro atoms. The predicted octanol–water partition coefficient (Wildman–Crippen LogP) is 3.28. The van der Waals surface area contributed by atoms with Crippen LogP contribution in [-0.4, -0.2) is 27.8 Å². The third-order valence-electron chi connectivity index (χ3n) is 4.29.